The zero-order chi connectivity index (χ0) is 11.0. The molecule has 2 aliphatic rings. The second kappa shape index (κ2) is 4.18. The number of hydrogen-bond acceptors (Lipinski definition) is 4. The van der Waals surface area contributed by atoms with E-state index in [1.54, 1.807) is 0 Å². The van der Waals surface area contributed by atoms with E-state index in [4.69, 9.17) is 0 Å². The smallest absolute Gasteiger partial charge is 0.0950 e. The highest BCUT2D eigenvalue weighted by atomic mass is 32.2. The van der Waals surface area contributed by atoms with E-state index in [9.17, 15) is 0 Å². The largest absolute Gasteiger partial charge is 0.369 e. The van der Waals surface area contributed by atoms with E-state index in [2.05, 4.69) is 45.4 Å². The molecule has 0 aromatic heterocycles. The zero-order valence-electron chi connectivity index (χ0n) is 9.59. The fraction of sp³-hybridized carbons (Fsp3) is 0.500. The van der Waals surface area contributed by atoms with Crippen molar-refractivity contribution in [1.82, 2.24) is 4.90 Å². The molecule has 0 saturated carbocycles. The predicted molar refractivity (Wildman–Crippen MR) is 71.1 cm³/mol. The first-order valence-corrected chi connectivity index (χ1v) is 6.71. The van der Waals surface area contributed by atoms with Crippen LogP contribution in [0.15, 0.2) is 24.3 Å². The summed E-state index contributed by atoms with van der Waals surface area (Å²) in [4.78, 5) is 4.86. The summed E-state index contributed by atoms with van der Waals surface area (Å²) in [5.41, 5.74) is 2.70. The summed E-state index contributed by atoms with van der Waals surface area (Å²) >= 11 is 1.88. The van der Waals surface area contributed by atoms with Gasteiger partial charge in [0.1, 0.15) is 0 Å². The fourth-order valence-electron chi connectivity index (χ4n) is 2.07. The summed E-state index contributed by atoms with van der Waals surface area (Å²) in [6.07, 6.45) is 0. The molecule has 2 heterocycles. The predicted octanol–water partition coefficient (Wildman–Crippen LogP) is 1.86. The van der Waals surface area contributed by atoms with Gasteiger partial charge in [-0.05, 0) is 43.3 Å². The molecule has 1 aromatic rings. The molecular weight excluding hydrogens is 218 g/mol. The number of likely N-dealkylation sites (N-methyl/N-ethyl adjacent to an activating group) is 1. The van der Waals surface area contributed by atoms with Gasteiger partial charge >= 0.3 is 0 Å². The van der Waals surface area contributed by atoms with Crippen LogP contribution in [-0.4, -0.2) is 44.0 Å². The van der Waals surface area contributed by atoms with Gasteiger partial charge in [0.25, 0.3) is 0 Å². The first kappa shape index (κ1) is 10.3. The van der Waals surface area contributed by atoms with Crippen molar-refractivity contribution < 1.29 is 0 Å². The molecule has 4 heteroatoms. The third kappa shape index (κ3) is 2.13. The summed E-state index contributed by atoms with van der Waals surface area (Å²) in [6, 6.07) is 8.96. The van der Waals surface area contributed by atoms with Gasteiger partial charge in [0, 0.05) is 37.6 Å². The van der Waals surface area contributed by atoms with E-state index in [0.717, 1.165) is 19.0 Å². The lowest BCUT2D eigenvalue weighted by Crippen LogP contribution is -2.44. The van der Waals surface area contributed by atoms with Crippen molar-refractivity contribution in [2.24, 2.45) is 0 Å². The minimum Gasteiger partial charge on any atom is -0.369 e. The van der Waals surface area contributed by atoms with Gasteiger partial charge in [0.2, 0.25) is 0 Å². The van der Waals surface area contributed by atoms with E-state index in [1.807, 2.05) is 11.9 Å². The average Bonchev–Trinajstić information content (AvgIpc) is 3.14. The minimum absolute atomic E-state index is 1.15. The molecule has 0 spiro atoms. The first-order valence-electron chi connectivity index (χ1n) is 5.77. The van der Waals surface area contributed by atoms with Crippen LogP contribution in [0.4, 0.5) is 11.4 Å². The van der Waals surface area contributed by atoms with Crippen molar-refractivity contribution in [2.75, 3.05) is 48.3 Å². The molecule has 3 nitrogen and oxygen atoms in total. The lowest BCUT2D eigenvalue weighted by atomic mass is 10.2. The van der Waals surface area contributed by atoms with Crippen molar-refractivity contribution >= 4 is 23.3 Å². The zero-order valence-corrected chi connectivity index (χ0v) is 10.4. The second-order valence-electron chi connectivity index (χ2n) is 4.44. The highest BCUT2D eigenvalue weighted by molar-refractivity contribution is 8.07. The molecule has 2 fully saturated rings. The van der Waals surface area contributed by atoms with Crippen molar-refractivity contribution in [2.45, 2.75) is 0 Å². The maximum Gasteiger partial charge on any atom is 0.0950 e. The van der Waals surface area contributed by atoms with Crippen molar-refractivity contribution in [3.63, 3.8) is 0 Å². The molecule has 0 radical (unpaired) electrons. The van der Waals surface area contributed by atoms with Gasteiger partial charge in [0.15, 0.2) is 0 Å². The molecule has 2 saturated heterocycles. The highest BCUT2D eigenvalue weighted by Crippen LogP contribution is 2.36. The molecule has 0 bridgehead atoms. The van der Waals surface area contributed by atoms with Crippen LogP contribution in [0.2, 0.25) is 0 Å². The van der Waals surface area contributed by atoms with Crippen LogP contribution in [0.1, 0.15) is 0 Å². The van der Waals surface area contributed by atoms with E-state index in [-0.39, 0.29) is 0 Å². The molecule has 0 aliphatic carbocycles. The van der Waals surface area contributed by atoms with Crippen LogP contribution in [0.3, 0.4) is 0 Å². The van der Waals surface area contributed by atoms with E-state index in [1.165, 1.54) is 24.5 Å². The SMILES string of the molecule is CN1CCN(c2ccc(N3CS3)cc2)CC1. The van der Waals surface area contributed by atoms with Gasteiger partial charge in [-0.15, -0.1) is 0 Å². The molecule has 0 amide bonds. The molecule has 1 aromatic carbocycles. The second-order valence-corrected chi connectivity index (χ2v) is 5.40. The average molecular weight is 235 g/mol. The lowest BCUT2D eigenvalue weighted by Gasteiger charge is -2.34. The molecule has 0 unspecified atom stereocenters. The monoisotopic (exact) mass is 235 g/mol. The van der Waals surface area contributed by atoms with Crippen molar-refractivity contribution in [3.05, 3.63) is 24.3 Å². The number of anilines is 2. The number of nitrogens with zero attached hydrogens (tertiary/aromatic N) is 3. The standard InChI is InChI=1S/C12H17N3S/c1-13-6-8-14(9-7-13)11-2-4-12(5-3-11)15-10-16-15/h2-5H,6-10H2,1H3. The van der Waals surface area contributed by atoms with E-state index >= 15 is 0 Å². The van der Waals surface area contributed by atoms with E-state index < -0.39 is 0 Å². The van der Waals surface area contributed by atoms with E-state index in [0.29, 0.717) is 0 Å². The first-order chi connectivity index (χ1) is 7.83. The molecule has 86 valence electrons. The Hall–Kier alpha value is -0.870. The van der Waals surface area contributed by atoms with Crippen LogP contribution >= 0.6 is 11.9 Å². The maximum absolute atomic E-state index is 2.47. The molecule has 3 rings (SSSR count). The van der Waals surface area contributed by atoms with Crippen molar-refractivity contribution in [1.29, 1.82) is 0 Å². The van der Waals surface area contributed by atoms with Crippen LogP contribution in [0.25, 0.3) is 0 Å². The number of benzene rings is 1. The van der Waals surface area contributed by atoms with Gasteiger partial charge in [-0.25, -0.2) is 0 Å². The minimum atomic E-state index is 1.15. The van der Waals surface area contributed by atoms with Crippen molar-refractivity contribution in [3.8, 4) is 0 Å². The summed E-state index contributed by atoms with van der Waals surface area (Å²) < 4.78 is 2.30. The molecule has 2 aliphatic heterocycles. The van der Waals surface area contributed by atoms with Crippen LogP contribution in [0.5, 0.6) is 0 Å². The lowest BCUT2D eigenvalue weighted by molar-refractivity contribution is 0.313. The number of rotatable bonds is 2. The van der Waals surface area contributed by atoms with Crippen LogP contribution in [-0.2, 0) is 0 Å². The Morgan fingerprint density at radius 3 is 2.06 bits per heavy atom. The third-order valence-corrected chi connectivity index (χ3v) is 3.99. The Morgan fingerprint density at radius 1 is 0.938 bits per heavy atom. The number of hydrogen-bond donors (Lipinski definition) is 0. The quantitative estimate of drug-likeness (QED) is 0.571. The van der Waals surface area contributed by atoms with Crippen LogP contribution in [0, 0.1) is 0 Å². The third-order valence-electron chi connectivity index (χ3n) is 3.26. The topological polar surface area (TPSA) is 9.49 Å². The molecule has 0 atom stereocenters. The Labute approximate surface area is 101 Å². The van der Waals surface area contributed by atoms with Gasteiger partial charge in [0.05, 0.1) is 5.88 Å². The summed E-state index contributed by atoms with van der Waals surface area (Å²) in [6.45, 7) is 4.63. The molecular formula is C12H17N3S. The van der Waals surface area contributed by atoms with Gasteiger partial charge in [-0.3, -0.25) is 0 Å². The summed E-state index contributed by atoms with van der Waals surface area (Å²) in [5, 5.41) is 0. The highest BCUT2D eigenvalue weighted by Gasteiger charge is 2.20. The summed E-state index contributed by atoms with van der Waals surface area (Å²) in [7, 11) is 2.19. The Morgan fingerprint density at radius 2 is 1.50 bits per heavy atom. The van der Waals surface area contributed by atoms with Crippen LogP contribution < -0.4 is 9.21 Å². The van der Waals surface area contributed by atoms with Gasteiger partial charge < -0.3 is 14.1 Å². The maximum atomic E-state index is 2.47. The molecule has 0 N–H and O–H groups in total. The van der Waals surface area contributed by atoms with Gasteiger partial charge in [-0.2, -0.15) is 0 Å². The Kier molecular flexibility index (Phi) is 2.69. The Bertz CT molecular complexity index is 353. The fourth-order valence-corrected chi connectivity index (χ4v) is 2.55. The Balaban J connectivity index is 1.69. The summed E-state index contributed by atoms with van der Waals surface area (Å²) in [5.74, 6) is 1.15. The number of piperazine rings is 1. The normalized spacial score (nSPS) is 21.3. The molecule has 16 heavy (non-hydrogen) atoms. The van der Waals surface area contributed by atoms with Gasteiger partial charge in [-0.1, -0.05) is 0 Å².